The number of rotatable bonds is 4. The summed E-state index contributed by atoms with van der Waals surface area (Å²) in [5.74, 6) is 0. The molecule has 2 aromatic rings. The van der Waals surface area contributed by atoms with Crippen molar-refractivity contribution < 1.29 is 0 Å². The molecule has 0 saturated heterocycles. The summed E-state index contributed by atoms with van der Waals surface area (Å²) in [7, 11) is 0. The lowest BCUT2D eigenvalue weighted by Gasteiger charge is -2.05. The van der Waals surface area contributed by atoms with Crippen LogP contribution in [0, 0.1) is 4.91 Å². The van der Waals surface area contributed by atoms with E-state index < -0.39 is 0 Å². The van der Waals surface area contributed by atoms with Crippen LogP contribution in [0.25, 0.3) is 11.6 Å². The van der Waals surface area contributed by atoms with Crippen molar-refractivity contribution >= 4 is 17.3 Å². The molecule has 0 aliphatic rings. The van der Waals surface area contributed by atoms with Crippen molar-refractivity contribution in [1.82, 2.24) is 0 Å². The van der Waals surface area contributed by atoms with Crippen LogP contribution >= 0.6 is 0 Å². The van der Waals surface area contributed by atoms with Crippen molar-refractivity contribution in [3.63, 3.8) is 0 Å². The fourth-order valence-corrected chi connectivity index (χ4v) is 1.88. The molecule has 2 aromatic carbocycles. The van der Waals surface area contributed by atoms with Gasteiger partial charge in [0, 0.05) is 0 Å². The number of benzene rings is 2. The summed E-state index contributed by atoms with van der Waals surface area (Å²) in [5, 5.41) is 2.91. The third kappa shape index (κ3) is 2.92. The molecule has 18 heavy (non-hydrogen) atoms. The van der Waals surface area contributed by atoms with E-state index in [9.17, 15) is 4.91 Å². The Morgan fingerprint density at radius 1 is 1.06 bits per heavy atom. The molecule has 0 spiro atoms. The maximum absolute atomic E-state index is 10.4. The van der Waals surface area contributed by atoms with Gasteiger partial charge in [-0.15, -0.1) is 4.91 Å². The summed E-state index contributed by atoms with van der Waals surface area (Å²) in [6, 6.07) is 17.6. The minimum atomic E-state index is 0.467. The van der Waals surface area contributed by atoms with Gasteiger partial charge < -0.3 is 0 Å². The average molecular weight is 237 g/mol. The van der Waals surface area contributed by atoms with E-state index in [0.29, 0.717) is 5.69 Å². The van der Waals surface area contributed by atoms with Gasteiger partial charge >= 0.3 is 0 Å². The Kier molecular flexibility index (Phi) is 4.02. The molecule has 0 fully saturated rings. The Morgan fingerprint density at radius 2 is 1.72 bits per heavy atom. The largest absolute Gasteiger partial charge is 0.145 e. The Balaban J connectivity index is 2.33. The lowest BCUT2D eigenvalue weighted by atomic mass is 10.0. The first-order valence-electron chi connectivity index (χ1n) is 6.03. The number of hydrogen-bond donors (Lipinski definition) is 0. The number of hydrogen-bond acceptors (Lipinski definition) is 2. The highest BCUT2D eigenvalue weighted by molar-refractivity contribution is 5.81. The maximum Gasteiger partial charge on any atom is 0.108 e. The molecular weight excluding hydrogens is 222 g/mol. The van der Waals surface area contributed by atoms with Crippen molar-refractivity contribution in [2.75, 3.05) is 0 Å². The first kappa shape index (κ1) is 12.2. The van der Waals surface area contributed by atoms with Gasteiger partial charge in [0.1, 0.15) is 5.69 Å². The van der Waals surface area contributed by atoms with E-state index >= 15 is 0 Å². The van der Waals surface area contributed by atoms with Crippen LogP contribution in [0.3, 0.4) is 0 Å². The molecular formula is C16H15NO. The van der Waals surface area contributed by atoms with Crippen molar-refractivity contribution in [3.8, 4) is 0 Å². The summed E-state index contributed by atoms with van der Waals surface area (Å²) in [5.41, 5.74) is 4.04. The Bertz CT molecular complexity index is 541. The minimum Gasteiger partial charge on any atom is -0.145 e. The smallest absolute Gasteiger partial charge is 0.108 e. The van der Waals surface area contributed by atoms with Gasteiger partial charge in [0.05, 0.1) is 0 Å². The lowest BCUT2D eigenvalue weighted by Crippen LogP contribution is -1.82. The van der Waals surface area contributed by atoms with E-state index in [0.717, 1.165) is 12.0 Å². The zero-order chi connectivity index (χ0) is 12.8. The molecule has 0 saturated carbocycles. The Hall–Kier alpha value is -2.22. The van der Waals surface area contributed by atoms with E-state index in [1.54, 1.807) is 12.1 Å². The van der Waals surface area contributed by atoms with Crippen molar-refractivity contribution in [1.29, 1.82) is 0 Å². The van der Waals surface area contributed by atoms with Gasteiger partial charge in [-0.2, -0.15) is 0 Å². The van der Waals surface area contributed by atoms with Crippen LogP contribution in [-0.2, 0) is 0 Å². The predicted molar refractivity (Wildman–Crippen MR) is 76.5 cm³/mol. The topological polar surface area (TPSA) is 29.4 Å². The van der Waals surface area contributed by atoms with Crippen molar-refractivity contribution in [2.24, 2.45) is 5.18 Å². The highest BCUT2D eigenvalue weighted by Crippen LogP contribution is 2.23. The van der Waals surface area contributed by atoms with Crippen LogP contribution in [0.4, 0.5) is 5.69 Å². The molecule has 0 bridgehead atoms. The molecule has 0 aromatic heterocycles. The Labute approximate surface area is 107 Å². The summed E-state index contributed by atoms with van der Waals surface area (Å²) in [4.78, 5) is 10.4. The van der Waals surface area contributed by atoms with Gasteiger partial charge in [-0.25, -0.2) is 0 Å². The van der Waals surface area contributed by atoms with Crippen molar-refractivity contribution in [2.45, 2.75) is 13.3 Å². The van der Waals surface area contributed by atoms with Crippen LogP contribution in [0.1, 0.15) is 24.5 Å². The molecule has 2 nitrogen and oxygen atoms in total. The second-order valence-corrected chi connectivity index (χ2v) is 4.07. The minimum absolute atomic E-state index is 0.467. The van der Waals surface area contributed by atoms with Crippen LogP contribution < -0.4 is 0 Å². The fraction of sp³-hybridized carbons (Fsp3) is 0.125. The van der Waals surface area contributed by atoms with Gasteiger partial charge in [-0.1, -0.05) is 55.5 Å². The molecule has 0 heterocycles. The third-order valence-corrected chi connectivity index (χ3v) is 2.86. The highest BCUT2D eigenvalue weighted by Gasteiger charge is 2.00. The molecule has 0 aliphatic carbocycles. The van der Waals surface area contributed by atoms with E-state index in [4.69, 9.17) is 0 Å². The van der Waals surface area contributed by atoms with E-state index in [1.807, 2.05) is 30.3 Å². The summed E-state index contributed by atoms with van der Waals surface area (Å²) in [6.07, 6.45) is 3.12. The monoisotopic (exact) mass is 237 g/mol. The lowest BCUT2D eigenvalue weighted by molar-refractivity contribution is 1.24. The Morgan fingerprint density at radius 3 is 2.28 bits per heavy atom. The number of allylic oxidation sites excluding steroid dienone is 1. The number of nitroso groups, excluding NO2 is 1. The molecule has 0 atom stereocenters. The van der Waals surface area contributed by atoms with Gasteiger partial charge in [-0.3, -0.25) is 0 Å². The molecule has 0 unspecified atom stereocenters. The predicted octanol–water partition coefficient (Wildman–Crippen LogP) is 5.04. The highest BCUT2D eigenvalue weighted by atomic mass is 16.3. The second kappa shape index (κ2) is 5.92. The first-order chi connectivity index (χ1) is 8.83. The summed E-state index contributed by atoms with van der Waals surface area (Å²) in [6.45, 7) is 2.13. The van der Waals surface area contributed by atoms with E-state index in [1.165, 1.54) is 11.1 Å². The molecule has 2 rings (SSSR count). The van der Waals surface area contributed by atoms with E-state index in [-0.39, 0.29) is 0 Å². The summed E-state index contributed by atoms with van der Waals surface area (Å²) < 4.78 is 0. The molecule has 0 radical (unpaired) electrons. The normalized spacial score (nSPS) is 11.3. The quantitative estimate of drug-likeness (QED) is 0.541. The molecule has 0 N–H and O–H groups in total. The SMILES string of the molecule is CC/C(=C\c1ccccc1)c1ccc(N=O)cc1. The van der Waals surface area contributed by atoms with Crippen LogP contribution in [0.15, 0.2) is 59.8 Å². The molecule has 2 heteroatoms. The maximum atomic E-state index is 10.4. The molecule has 0 amide bonds. The van der Waals surface area contributed by atoms with Gasteiger partial charge in [0.2, 0.25) is 0 Å². The second-order valence-electron chi connectivity index (χ2n) is 4.07. The molecule has 0 aliphatic heterocycles. The standard InChI is InChI=1S/C16H15NO/c1-2-14(12-13-6-4-3-5-7-13)15-8-10-16(17-18)11-9-15/h3-12H,2H2,1H3/b14-12+. The zero-order valence-electron chi connectivity index (χ0n) is 10.3. The van der Waals surface area contributed by atoms with E-state index in [2.05, 4.69) is 30.3 Å². The fourth-order valence-electron chi connectivity index (χ4n) is 1.88. The first-order valence-corrected chi connectivity index (χ1v) is 6.03. The van der Waals surface area contributed by atoms with Crippen LogP contribution in [0.5, 0.6) is 0 Å². The third-order valence-electron chi connectivity index (χ3n) is 2.86. The average Bonchev–Trinajstić information content (AvgIpc) is 2.46. The molecule has 90 valence electrons. The number of nitrogens with zero attached hydrogens (tertiary/aromatic N) is 1. The van der Waals surface area contributed by atoms with Gasteiger partial charge in [0.15, 0.2) is 0 Å². The van der Waals surface area contributed by atoms with Crippen molar-refractivity contribution in [3.05, 3.63) is 70.6 Å². The van der Waals surface area contributed by atoms with Crippen LogP contribution in [-0.4, -0.2) is 0 Å². The van der Waals surface area contributed by atoms with Gasteiger partial charge in [-0.05, 0) is 40.4 Å². The summed E-state index contributed by atoms with van der Waals surface area (Å²) >= 11 is 0. The van der Waals surface area contributed by atoms with Crippen LogP contribution in [0.2, 0.25) is 0 Å². The van der Waals surface area contributed by atoms with Gasteiger partial charge in [0.25, 0.3) is 0 Å². The zero-order valence-corrected chi connectivity index (χ0v) is 10.3.